The lowest BCUT2D eigenvalue weighted by Crippen LogP contribution is -2.55. The van der Waals surface area contributed by atoms with Crippen LogP contribution in [0.2, 0.25) is 0 Å². The van der Waals surface area contributed by atoms with Gasteiger partial charge in [0.2, 0.25) is 11.8 Å². The zero-order valence-electron chi connectivity index (χ0n) is 22.6. The molecule has 0 bridgehead atoms. The van der Waals surface area contributed by atoms with E-state index in [1.165, 1.54) is 12.0 Å². The number of alkyl carbamates (subject to hydrolysis) is 1. The molecule has 1 aromatic rings. The second-order valence-electron chi connectivity index (χ2n) is 9.96. The molecular weight excluding hydrogens is 466 g/mol. The molecule has 0 heterocycles. The maximum Gasteiger partial charge on any atom is 0.408 e. The monoisotopic (exact) mass is 507 g/mol. The molecule has 1 aromatic carbocycles. The Hall–Kier alpha value is -3.30. The van der Waals surface area contributed by atoms with Gasteiger partial charge in [-0.3, -0.25) is 14.4 Å². The third-order valence-corrected chi connectivity index (χ3v) is 5.40. The Bertz CT molecular complexity index is 925. The lowest BCUT2D eigenvalue weighted by Gasteiger charge is -2.36. The van der Waals surface area contributed by atoms with Gasteiger partial charge in [-0.15, -0.1) is 0 Å². The van der Waals surface area contributed by atoms with Gasteiger partial charge in [-0.1, -0.05) is 45.4 Å². The van der Waals surface area contributed by atoms with E-state index >= 15 is 0 Å². The standard InChI is InChI=1S/C26H41N3O7/c1-9-10-14-29(24(33)20(16(2)3)28-25(34)36-26(5,6)7)21(23(32)27-15-19(30)35-8)18-13-11-12-17(4)22(18)31/h11-13,16,20-21,31H,9-10,14-15H2,1-8H3,(H,27,32)(H,28,34). The van der Waals surface area contributed by atoms with E-state index < -0.39 is 48.1 Å². The minimum atomic E-state index is -1.25. The van der Waals surface area contributed by atoms with Crippen molar-refractivity contribution in [2.75, 3.05) is 20.2 Å². The van der Waals surface area contributed by atoms with Crippen molar-refractivity contribution in [2.24, 2.45) is 5.92 Å². The largest absolute Gasteiger partial charge is 0.507 e. The van der Waals surface area contributed by atoms with Gasteiger partial charge in [0.1, 0.15) is 30.0 Å². The van der Waals surface area contributed by atoms with Crippen LogP contribution in [0.5, 0.6) is 5.75 Å². The molecule has 0 aliphatic rings. The van der Waals surface area contributed by atoms with E-state index in [0.29, 0.717) is 12.0 Å². The molecule has 1 rings (SSSR count). The summed E-state index contributed by atoms with van der Waals surface area (Å²) in [5, 5.41) is 16.0. The Labute approximate surface area is 213 Å². The van der Waals surface area contributed by atoms with Gasteiger partial charge >= 0.3 is 12.1 Å². The fourth-order valence-corrected chi connectivity index (χ4v) is 3.50. The van der Waals surface area contributed by atoms with Crippen LogP contribution in [0.4, 0.5) is 4.79 Å². The number of benzene rings is 1. The molecule has 2 atom stereocenters. The van der Waals surface area contributed by atoms with Crippen molar-refractivity contribution >= 4 is 23.9 Å². The molecule has 10 nitrogen and oxygen atoms in total. The molecule has 10 heteroatoms. The summed E-state index contributed by atoms with van der Waals surface area (Å²) in [6.07, 6.45) is 0.539. The van der Waals surface area contributed by atoms with Crippen molar-refractivity contribution in [1.29, 1.82) is 0 Å². The highest BCUT2D eigenvalue weighted by molar-refractivity contribution is 5.93. The SMILES string of the molecule is CCCCN(C(=O)C(NC(=O)OC(C)(C)C)C(C)C)C(C(=O)NCC(=O)OC)c1cccc(C)c1O. The summed E-state index contributed by atoms with van der Waals surface area (Å²) in [6, 6.07) is 2.66. The number of esters is 1. The van der Waals surface area contributed by atoms with Crippen molar-refractivity contribution in [3.8, 4) is 5.75 Å². The molecule has 0 aliphatic heterocycles. The van der Waals surface area contributed by atoms with Crippen LogP contribution in [0.15, 0.2) is 18.2 Å². The minimum Gasteiger partial charge on any atom is -0.507 e. The van der Waals surface area contributed by atoms with Crippen LogP contribution in [0.25, 0.3) is 0 Å². The maximum absolute atomic E-state index is 13.9. The number of aryl methyl sites for hydroxylation is 1. The second kappa shape index (κ2) is 13.7. The number of phenolic OH excluding ortho intramolecular Hbond substituents is 1. The Morgan fingerprint density at radius 2 is 1.78 bits per heavy atom. The van der Waals surface area contributed by atoms with Gasteiger partial charge in [-0.05, 0) is 45.6 Å². The zero-order chi connectivity index (χ0) is 27.6. The molecule has 0 saturated carbocycles. The number of phenols is 1. The predicted molar refractivity (Wildman–Crippen MR) is 135 cm³/mol. The normalized spacial score (nSPS) is 12.9. The molecule has 0 fully saturated rings. The first-order chi connectivity index (χ1) is 16.7. The number of carbonyl (C=O) groups excluding carboxylic acids is 4. The Balaban J connectivity index is 3.52. The minimum absolute atomic E-state index is 0.133. The highest BCUT2D eigenvalue weighted by Gasteiger charge is 2.38. The lowest BCUT2D eigenvalue weighted by molar-refractivity contribution is -0.145. The molecule has 0 radical (unpaired) electrons. The Kier molecular flexibility index (Phi) is 11.7. The predicted octanol–water partition coefficient (Wildman–Crippen LogP) is 3.21. The molecule has 0 aliphatic carbocycles. The maximum atomic E-state index is 13.9. The van der Waals surface area contributed by atoms with Gasteiger partial charge in [-0.25, -0.2) is 4.79 Å². The van der Waals surface area contributed by atoms with Gasteiger partial charge in [0.25, 0.3) is 0 Å². The summed E-state index contributed by atoms with van der Waals surface area (Å²) in [4.78, 5) is 52.8. The summed E-state index contributed by atoms with van der Waals surface area (Å²) >= 11 is 0. The molecular formula is C26H41N3O7. The number of carbonyl (C=O) groups is 4. The first kappa shape index (κ1) is 30.7. The average Bonchev–Trinajstić information content (AvgIpc) is 2.78. The molecule has 2 unspecified atom stereocenters. The van der Waals surface area contributed by atoms with Gasteiger partial charge in [0, 0.05) is 12.1 Å². The quantitative estimate of drug-likeness (QED) is 0.392. The highest BCUT2D eigenvalue weighted by Crippen LogP contribution is 2.33. The number of nitrogens with zero attached hydrogens (tertiary/aromatic N) is 1. The molecule has 202 valence electrons. The smallest absolute Gasteiger partial charge is 0.408 e. The third kappa shape index (κ3) is 9.05. The number of nitrogens with one attached hydrogen (secondary N) is 2. The molecule has 3 amide bonds. The van der Waals surface area contributed by atoms with Crippen molar-refractivity contribution in [3.05, 3.63) is 29.3 Å². The summed E-state index contributed by atoms with van der Waals surface area (Å²) in [7, 11) is 1.20. The van der Waals surface area contributed by atoms with Gasteiger partial charge < -0.3 is 30.1 Å². The van der Waals surface area contributed by atoms with Crippen LogP contribution in [0, 0.1) is 12.8 Å². The van der Waals surface area contributed by atoms with E-state index in [1.807, 2.05) is 6.92 Å². The highest BCUT2D eigenvalue weighted by atomic mass is 16.6. The fraction of sp³-hybridized carbons (Fsp3) is 0.615. The van der Waals surface area contributed by atoms with E-state index in [9.17, 15) is 24.3 Å². The number of hydrogen-bond donors (Lipinski definition) is 3. The van der Waals surface area contributed by atoms with E-state index in [1.54, 1.807) is 59.7 Å². The lowest BCUT2D eigenvalue weighted by atomic mass is 9.96. The van der Waals surface area contributed by atoms with Gasteiger partial charge in [0.15, 0.2) is 0 Å². The number of rotatable bonds is 11. The number of unbranched alkanes of at least 4 members (excludes halogenated alkanes) is 1. The summed E-state index contributed by atoms with van der Waals surface area (Å²) in [5.41, 5.74) is -0.0322. The van der Waals surface area contributed by atoms with Crippen molar-refractivity contribution in [1.82, 2.24) is 15.5 Å². The first-order valence-electron chi connectivity index (χ1n) is 12.2. The summed E-state index contributed by atoms with van der Waals surface area (Å²) in [6.45, 7) is 12.1. The second-order valence-corrected chi connectivity index (χ2v) is 9.96. The molecule has 36 heavy (non-hydrogen) atoms. The summed E-state index contributed by atoms with van der Waals surface area (Å²) in [5.74, 6) is -2.30. The van der Waals surface area contributed by atoms with Crippen LogP contribution in [0.3, 0.4) is 0 Å². The van der Waals surface area contributed by atoms with E-state index in [0.717, 1.165) is 6.42 Å². The van der Waals surface area contributed by atoms with Crippen molar-refractivity contribution < 1.29 is 33.8 Å². The van der Waals surface area contributed by atoms with Crippen LogP contribution < -0.4 is 10.6 Å². The van der Waals surface area contributed by atoms with Crippen LogP contribution in [-0.2, 0) is 23.9 Å². The topological polar surface area (TPSA) is 134 Å². The van der Waals surface area contributed by atoms with E-state index in [-0.39, 0.29) is 23.8 Å². The number of ether oxygens (including phenoxy) is 2. The number of methoxy groups -OCH3 is 1. The van der Waals surface area contributed by atoms with Crippen molar-refractivity contribution in [3.63, 3.8) is 0 Å². The van der Waals surface area contributed by atoms with E-state index in [2.05, 4.69) is 15.4 Å². The average molecular weight is 508 g/mol. The molecule has 0 spiro atoms. The van der Waals surface area contributed by atoms with Crippen molar-refractivity contribution in [2.45, 2.75) is 79.0 Å². The van der Waals surface area contributed by atoms with Gasteiger partial charge in [-0.2, -0.15) is 0 Å². The number of para-hydroxylation sites is 1. The first-order valence-corrected chi connectivity index (χ1v) is 12.2. The molecule has 0 aromatic heterocycles. The number of hydrogen-bond acceptors (Lipinski definition) is 7. The van der Waals surface area contributed by atoms with E-state index in [4.69, 9.17) is 4.74 Å². The van der Waals surface area contributed by atoms with Crippen LogP contribution in [-0.4, -0.2) is 65.7 Å². The Morgan fingerprint density at radius 3 is 2.31 bits per heavy atom. The Morgan fingerprint density at radius 1 is 1.14 bits per heavy atom. The van der Waals surface area contributed by atoms with Crippen LogP contribution in [0.1, 0.15) is 71.6 Å². The molecule has 0 saturated heterocycles. The molecule has 3 N–H and O–H groups in total. The number of aromatic hydroxyl groups is 1. The van der Waals surface area contributed by atoms with Crippen LogP contribution >= 0.6 is 0 Å². The number of amides is 3. The fourth-order valence-electron chi connectivity index (χ4n) is 3.50. The third-order valence-electron chi connectivity index (χ3n) is 5.40. The summed E-state index contributed by atoms with van der Waals surface area (Å²) < 4.78 is 9.95. The van der Waals surface area contributed by atoms with Gasteiger partial charge in [0.05, 0.1) is 7.11 Å². The zero-order valence-corrected chi connectivity index (χ0v) is 22.6.